The van der Waals surface area contributed by atoms with Crippen molar-refractivity contribution in [2.45, 2.75) is 53.0 Å². The smallest absolute Gasteiger partial charge is 0.0245 e. The molecule has 0 radical (unpaired) electrons. The van der Waals surface area contributed by atoms with Gasteiger partial charge in [0.05, 0.1) is 0 Å². The van der Waals surface area contributed by atoms with Gasteiger partial charge in [0.25, 0.3) is 0 Å². The van der Waals surface area contributed by atoms with Crippen LogP contribution < -0.4 is 5.32 Å². The molecule has 0 amide bonds. The van der Waals surface area contributed by atoms with Gasteiger partial charge >= 0.3 is 0 Å². The normalized spacial score (nSPS) is 27.0. The summed E-state index contributed by atoms with van der Waals surface area (Å²) in [7, 11) is 2.26. The average Bonchev–Trinajstić information content (AvgIpc) is 2.21. The minimum Gasteiger partial charge on any atom is -0.312 e. The first-order valence-corrected chi connectivity index (χ1v) is 6.87. The number of likely N-dealkylation sites (N-methyl/N-ethyl adjacent to an activating group) is 1. The van der Waals surface area contributed by atoms with Crippen molar-refractivity contribution in [2.75, 3.05) is 26.7 Å². The van der Waals surface area contributed by atoms with Crippen LogP contribution >= 0.6 is 0 Å². The topological polar surface area (TPSA) is 15.3 Å². The predicted molar refractivity (Wildman–Crippen MR) is 71.8 cm³/mol. The fourth-order valence-corrected chi connectivity index (χ4v) is 2.63. The first-order chi connectivity index (χ1) is 7.45. The maximum Gasteiger partial charge on any atom is 0.0245 e. The summed E-state index contributed by atoms with van der Waals surface area (Å²) < 4.78 is 0. The van der Waals surface area contributed by atoms with E-state index in [1.54, 1.807) is 0 Å². The molecule has 0 spiro atoms. The number of nitrogens with zero attached hydrogens (tertiary/aromatic N) is 1. The molecule has 0 aromatic carbocycles. The van der Waals surface area contributed by atoms with E-state index in [1.165, 1.54) is 38.9 Å². The number of piperidine rings is 1. The van der Waals surface area contributed by atoms with Gasteiger partial charge in [0.2, 0.25) is 0 Å². The molecule has 1 aliphatic heterocycles. The van der Waals surface area contributed by atoms with Gasteiger partial charge in [-0.05, 0) is 37.8 Å². The van der Waals surface area contributed by atoms with Crippen LogP contribution in [0.5, 0.6) is 0 Å². The number of hydrogen-bond acceptors (Lipinski definition) is 2. The minimum atomic E-state index is 0.460. The molecule has 0 aromatic rings. The standard InChI is InChI=1S/C14H30N2/c1-6-12(2)10-16(5)11-13-14(3,4)8-7-9-15-13/h12-13,15H,6-11H2,1-5H3. The summed E-state index contributed by atoms with van der Waals surface area (Å²) in [6.45, 7) is 13.0. The predicted octanol–water partition coefficient (Wildman–Crippen LogP) is 2.74. The molecule has 1 saturated heterocycles. The van der Waals surface area contributed by atoms with Crippen molar-refractivity contribution >= 4 is 0 Å². The lowest BCUT2D eigenvalue weighted by Gasteiger charge is -2.41. The summed E-state index contributed by atoms with van der Waals surface area (Å²) in [5.74, 6) is 0.816. The third-order valence-electron chi connectivity index (χ3n) is 4.15. The third-order valence-corrected chi connectivity index (χ3v) is 4.15. The number of hydrogen-bond donors (Lipinski definition) is 1. The molecule has 2 heteroatoms. The Labute approximate surface area is 102 Å². The lowest BCUT2D eigenvalue weighted by atomic mass is 9.77. The van der Waals surface area contributed by atoms with Gasteiger partial charge in [-0.25, -0.2) is 0 Å². The molecule has 1 rings (SSSR count). The average molecular weight is 226 g/mol. The van der Waals surface area contributed by atoms with Crippen LogP contribution in [0.4, 0.5) is 0 Å². The Morgan fingerprint density at radius 1 is 1.44 bits per heavy atom. The monoisotopic (exact) mass is 226 g/mol. The zero-order chi connectivity index (χ0) is 12.2. The summed E-state index contributed by atoms with van der Waals surface area (Å²) in [5.41, 5.74) is 0.460. The maximum absolute atomic E-state index is 3.69. The van der Waals surface area contributed by atoms with E-state index in [9.17, 15) is 0 Å². The Balaban J connectivity index is 2.39. The van der Waals surface area contributed by atoms with E-state index >= 15 is 0 Å². The minimum absolute atomic E-state index is 0.460. The summed E-state index contributed by atoms with van der Waals surface area (Å²) in [5, 5.41) is 3.69. The van der Waals surface area contributed by atoms with Crippen LogP contribution in [0.3, 0.4) is 0 Å². The molecular weight excluding hydrogens is 196 g/mol. The van der Waals surface area contributed by atoms with Gasteiger partial charge < -0.3 is 10.2 Å². The molecule has 2 unspecified atom stereocenters. The zero-order valence-electron chi connectivity index (χ0n) is 11.8. The highest BCUT2D eigenvalue weighted by Crippen LogP contribution is 2.30. The third kappa shape index (κ3) is 4.06. The molecule has 0 bridgehead atoms. The lowest BCUT2D eigenvalue weighted by molar-refractivity contribution is 0.131. The van der Waals surface area contributed by atoms with Crippen molar-refractivity contribution in [3.63, 3.8) is 0 Å². The molecular formula is C14H30N2. The maximum atomic E-state index is 3.69. The highest BCUT2D eigenvalue weighted by atomic mass is 15.1. The van der Waals surface area contributed by atoms with Crippen LogP contribution in [-0.4, -0.2) is 37.6 Å². The van der Waals surface area contributed by atoms with Crippen molar-refractivity contribution in [3.05, 3.63) is 0 Å². The van der Waals surface area contributed by atoms with Gasteiger partial charge in [-0.2, -0.15) is 0 Å². The Bertz CT molecular complexity index is 201. The van der Waals surface area contributed by atoms with Crippen LogP contribution in [0, 0.1) is 11.3 Å². The van der Waals surface area contributed by atoms with Crippen molar-refractivity contribution in [1.82, 2.24) is 10.2 Å². The molecule has 96 valence electrons. The molecule has 1 N–H and O–H groups in total. The largest absolute Gasteiger partial charge is 0.312 e. The molecule has 1 fully saturated rings. The van der Waals surface area contributed by atoms with E-state index < -0.39 is 0 Å². The second-order valence-corrected chi connectivity index (χ2v) is 6.33. The van der Waals surface area contributed by atoms with Crippen LogP contribution in [0.25, 0.3) is 0 Å². The fraction of sp³-hybridized carbons (Fsp3) is 1.00. The molecule has 0 aliphatic carbocycles. The van der Waals surface area contributed by atoms with E-state index in [0.29, 0.717) is 11.5 Å². The summed E-state index contributed by atoms with van der Waals surface area (Å²) in [4.78, 5) is 2.50. The summed E-state index contributed by atoms with van der Waals surface area (Å²) >= 11 is 0. The Hall–Kier alpha value is -0.0800. The van der Waals surface area contributed by atoms with E-state index in [-0.39, 0.29) is 0 Å². The molecule has 1 heterocycles. The fourth-order valence-electron chi connectivity index (χ4n) is 2.63. The van der Waals surface area contributed by atoms with Crippen molar-refractivity contribution in [3.8, 4) is 0 Å². The Morgan fingerprint density at radius 3 is 2.69 bits per heavy atom. The van der Waals surface area contributed by atoms with Gasteiger partial charge in [-0.15, -0.1) is 0 Å². The zero-order valence-corrected chi connectivity index (χ0v) is 11.8. The van der Waals surface area contributed by atoms with Gasteiger partial charge in [-0.3, -0.25) is 0 Å². The van der Waals surface area contributed by atoms with Crippen molar-refractivity contribution < 1.29 is 0 Å². The van der Waals surface area contributed by atoms with E-state index in [4.69, 9.17) is 0 Å². The van der Waals surface area contributed by atoms with Crippen molar-refractivity contribution in [1.29, 1.82) is 0 Å². The Morgan fingerprint density at radius 2 is 2.12 bits per heavy atom. The van der Waals surface area contributed by atoms with Crippen LogP contribution in [0.15, 0.2) is 0 Å². The van der Waals surface area contributed by atoms with Gasteiger partial charge in [0.1, 0.15) is 0 Å². The lowest BCUT2D eigenvalue weighted by Crippen LogP contribution is -2.52. The second-order valence-electron chi connectivity index (χ2n) is 6.33. The highest BCUT2D eigenvalue weighted by molar-refractivity contribution is 4.89. The van der Waals surface area contributed by atoms with E-state index in [1.807, 2.05) is 0 Å². The number of nitrogens with one attached hydrogen (secondary N) is 1. The first-order valence-electron chi connectivity index (χ1n) is 6.87. The molecule has 0 saturated carbocycles. The van der Waals surface area contributed by atoms with Gasteiger partial charge in [-0.1, -0.05) is 34.1 Å². The molecule has 2 atom stereocenters. The molecule has 0 aromatic heterocycles. The SMILES string of the molecule is CCC(C)CN(C)CC1NCCCC1(C)C. The highest BCUT2D eigenvalue weighted by Gasteiger charge is 2.32. The number of rotatable bonds is 5. The van der Waals surface area contributed by atoms with Gasteiger partial charge in [0.15, 0.2) is 0 Å². The first kappa shape index (κ1) is 14.0. The van der Waals surface area contributed by atoms with Crippen LogP contribution in [0.2, 0.25) is 0 Å². The molecule has 1 aliphatic rings. The van der Waals surface area contributed by atoms with Gasteiger partial charge in [0, 0.05) is 19.1 Å². The van der Waals surface area contributed by atoms with E-state index in [0.717, 1.165) is 5.92 Å². The second kappa shape index (κ2) is 6.02. The quantitative estimate of drug-likeness (QED) is 0.775. The summed E-state index contributed by atoms with van der Waals surface area (Å²) in [6, 6.07) is 0.662. The van der Waals surface area contributed by atoms with Crippen molar-refractivity contribution in [2.24, 2.45) is 11.3 Å². The van der Waals surface area contributed by atoms with Crippen LogP contribution in [-0.2, 0) is 0 Å². The summed E-state index contributed by atoms with van der Waals surface area (Å²) in [6.07, 6.45) is 3.98. The molecule has 16 heavy (non-hydrogen) atoms. The van der Waals surface area contributed by atoms with Crippen LogP contribution in [0.1, 0.15) is 47.0 Å². The Kier molecular flexibility index (Phi) is 5.26. The van der Waals surface area contributed by atoms with E-state index in [2.05, 4.69) is 45.0 Å². The molecule has 2 nitrogen and oxygen atoms in total.